The van der Waals surface area contributed by atoms with E-state index >= 15 is 0 Å². The number of anilines is 1. The number of halogens is 1. The van der Waals surface area contributed by atoms with Crippen molar-refractivity contribution >= 4 is 27.7 Å². The van der Waals surface area contributed by atoms with Crippen LogP contribution >= 0.6 is 15.9 Å². The zero-order valence-electron chi connectivity index (χ0n) is 9.80. The third-order valence-corrected chi connectivity index (χ3v) is 2.64. The highest BCUT2D eigenvalue weighted by Gasteiger charge is 2.27. The van der Waals surface area contributed by atoms with Gasteiger partial charge < -0.3 is 5.21 Å². The first-order valence-corrected chi connectivity index (χ1v) is 5.72. The van der Waals surface area contributed by atoms with E-state index in [-0.39, 0.29) is 11.7 Å². The Balaban J connectivity index is 3.03. The minimum atomic E-state index is -0.530. The molecule has 0 saturated carbocycles. The number of rotatable bonds is 1. The van der Waals surface area contributed by atoms with Crippen LogP contribution in [0.15, 0.2) is 16.7 Å². The summed E-state index contributed by atoms with van der Waals surface area (Å²) in [5, 5.41) is 14.2. The third-order valence-electron chi connectivity index (χ3n) is 2.04. The number of pyridine rings is 1. The van der Waals surface area contributed by atoms with Crippen molar-refractivity contribution in [2.24, 2.45) is 5.41 Å². The first kappa shape index (κ1) is 13.0. The van der Waals surface area contributed by atoms with Gasteiger partial charge in [0.25, 0.3) is 5.82 Å². The number of carbonyl (C=O) groups is 1. The van der Waals surface area contributed by atoms with Gasteiger partial charge in [-0.3, -0.25) is 0 Å². The van der Waals surface area contributed by atoms with Crippen molar-refractivity contribution in [1.29, 1.82) is 0 Å². The lowest BCUT2D eigenvalue weighted by atomic mass is 9.96. The van der Waals surface area contributed by atoms with E-state index in [0.717, 1.165) is 5.56 Å². The van der Waals surface area contributed by atoms with Crippen LogP contribution in [-0.2, 0) is 4.79 Å². The zero-order valence-corrected chi connectivity index (χ0v) is 11.4. The molecule has 0 aromatic carbocycles. The lowest BCUT2D eigenvalue weighted by Crippen LogP contribution is -2.37. The van der Waals surface area contributed by atoms with Crippen molar-refractivity contribution in [3.05, 3.63) is 27.5 Å². The second kappa shape index (κ2) is 4.41. The summed E-state index contributed by atoms with van der Waals surface area (Å²) >= 11 is 3.26. The van der Waals surface area contributed by atoms with E-state index in [9.17, 15) is 10.0 Å². The second-order valence-electron chi connectivity index (χ2n) is 4.74. The zero-order chi connectivity index (χ0) is 12.5. The number of nitrogens with one attached hydrogen (secondary N) is 1. The maximum absolute atomic E-state index is 11.7. The number of carbonyl (C=O) groups excluding carboxylic acids is 1. The second-order valence-corrected chi connectivity index (χ2v) is 5.60. The predicted molar refractivity (Wildman–Crippen MR) is 65.9 cm³/mol. The molecule has 0 aliphatic carbocycles. The van der Waals surface area contributed by atoms with Crippen LogP contribution in [0.3, 0.4) is 0 Å². The topological polar surface area (TPSA) is 56.0 Å². The SMILES string of the molecule is Cc1cc(Br)c(NC(=O)C(C)(C)C)[n+]([O-])c1. The third kappa shape index (κ3) is 2.95. The highest BCUT2D eigenvalue weighted by Crippen LogP contribution is 2.22. The summed E-state index contributed by atoms with van der Waals surface area (Å²) in [6, 6.07) is 1.78. The van der Waals surface area contributed by atoms with Crippen molar-refractivity contribution in [3.63, 3.8) is 0 Å². The van der Waals surface area contributed by atoms with Crippen molar-refractivity contribution in [1.82, 2.24) is 0 Å². The van der Waals surface area contributed by atoms with Gasteiger partial charge in [0.15, 0.2) is 0 Å². The highest BCUT2D eigenvalue weighted by atomic mass is 79.9. The van der Waals surface area contributed by atoms with Crippen LogP contribution < -0.4 is 10.0 Å². The molecule has 0 aliphatic heterocycles. The monoisotopic (exact) mass is 286 g/mol. The van der Waals surface area contributed by atoms with E-state index in [1.54, 1.807) is 26.8 Å². The Morgan fingerprint density at radius 2 is 2.06 bits per heavy atom. The van der Waals surface area contributed by atoms with Crippen LogP contribution in [0.1, 0.15) is 26.3 Å². The van der Waals surface area contributed by atoms with Gasteiger partial charge in [0.2, 0.25) is 0 Å². The Bertz CT molecular complexity index is 401. The lowest BCUT2D eigenvalue weighted by molar-refractivity contribution is -0.590. The van der Waals surface area contributed by atoms with Gasteiger partial charge in [-0.05, 0) is 55.3 Å². The molecule has 0 aliphatic rings. The Morgan fingerprint density at radius 1 is 1.50 bits per heavy atom. The van der Waals surface area contributed by atoms with Crippen LogP contribution in [0.4, 0.5) is 5.82 Å². The van der Waals surface area contributed by atoms with Gasteiger partial charge in [0.1, 0.15) is 4.47 Å². The average molecular weight is 287 g/mol. The fourth-order valence-electron chi connectivity index (χ4n) is 1.07. The van der Waals surface area contributed by atoms with E-state index in [0.29, 0.717) is 9.20 Å². The number of hydrogen-bond donors (Lipinski definition) is 1. The predicted octanol–water partition coefficient (Wildman–Crippen LogP) is 2.38. The Labute approximate surface area is 103 Å². The average Bonchev–Trinajstić information content (AvgIpc) is 2.08. The Kier molecular flexibility index (Phi) is 3.57. The molecule has 0 atom stereocenters. The van der Waals surface area contributed by atoms with Gasteiger partial charge in [-0.2, -0.15) is 0 Å². The molecule has 1 N–H and O–H groups in total. The minimum Gasteiger partial charge on any atom is -0.711 e. The summed E-state index contributed by atoms with van der Waals surface area (Å²) in [6.07, 6.45) is 1.42. The molecule has 1 aromatic heterocycles. The number of aromatic nitrogens is 1. The molecule has 5 heteroatoms. The van der Waals surface area contributed by atoms with Crippen LogP contribution in [0.5, 0.6) is 0 Å². The summed E-state index contributed by atoms with van der Waals surface area (Å²) in [5.74, 6) is 0.0344. The fourth-order valence-corrected chi connectivity index (χ4v) is 1.71. The maximum Gasteiger partial charge on any atom is 0.312 e. The molecule has 1 heterocycles. The Morgan fingerprint density at radius 3 is 2.50 bits per heavy atom. The van der Waals surface area contributed by atoms with Crippen molar-refractivity contribution in [2.45, 2.75) is 27.7 Å². The molecule has 0 spiro atoms. The molecule has 16 heavy (non-hydrogen) atoms. The van der Waals surface area contributed by atoms with Crippen molar-refractivity contribution in [3.8, 4) is 0 Å². The van der Waals surface area contributed by atoms with Crippen LogP contribution in [0, 0.1) is 17.5 Å². The number of aryl methyl sites for hydroxylation is 1. The molecule has 1 amide bonds. The lowest BCUT2D eigenvalue weighted by Gasteiger charge is -2.16. The quantitative estimate of drug-likeness (QED) is 0.637. The maximum atomic E-state index is 11.7. The van der Waals surface area contributed by atoms with Crippen LogP contribution in [0.2, 0.25) is 0 Å². The van der Waals surface area contributed by atoms with E-state index in [4.69, 9.17) is 0 Å². The van der Waals surface area contributed by atoms with Gasteiger partial charge in [0, 0.05) is 0 Å². The van der Waals surface area contributed by atoms with Gasteiger partial charge in [-0.1, -0.05) is 0 Å². The van der Waals surface area contributed by atoms with Crippen LogP contribution in [-0.4, -0.2) is 5.91 Å². The van der Waals surface area contributed by atoms with Crippen molar-refractivity contribution < 1.29 is 9.52 Å². The first-order valence-electron chi connectivity index (χ1n) is 4.92. The molecule has 4 nitrogen and oxygen atoms in total. The molecule has 0 fully saturated rings. The summed E-state index contributed by atoms with van der Waals surface area (Å²) in [6.45, 7) is 7.19. The van der Waals surface area contributed by atoms with E-state index in [2.05, 4.69) is 21.2 Å². The normalized spacial score (nSPS) is 11.3. The largest absolute Gasteiger partial charge is 0.711 e. The summed E-state index contributed by atoms with van der Waals surface area (Å²) in [7, 11) is 0. The van der Waals surface area contributed by atoms with Gasteiger partial charge in [-0.25, -0.2) is 14.8 Å². The van der Waals surface area contributed by atoms with Gasteiger partial charge in [0.05, 0.1) is 11.6 Å². The first-order chi connectivity index (χ1) is 7.21. The molecule has 0 saturated heterocycles. The van der Waals surface area contributed by atoms with Gasteiger partial charge in [-0.15, -0.1) is 0 Å². The molecule has 1 rings (SSSR count). The smallest absolute Gasteiger partial charge is 0.312 e. The summed E-state index contributed by atoms with van der Waals surface area (Å²) in [4.78, 5) is 11.7. The summed E-state index contributed by atoms with van der Waals surface area (Å²) in [5.41, 5.74) is 0.299. The Hall–Kier alpha value is -1.10. The minimum absolute atomic E-state index is 0.193. The van der Waals surface area contributed by atoms with E-state index < -0.39 is 5.41 Å². The highest BCUT2D eigenvalue weighted by molar-refractivity contribution is 9.10. The fraction of sp³-hybridized carbons (Fsp3) is 0.455. The van der Waals surface area contributed by atoms with E-state index in [1.807, 2.05) is 6.92 Å². The number of nitrogens with zero attached hydrogens (tertiary/aromatic N) is 1. The van der Waals surface area contributed by atoms with Gasteiger partial charge >= 0.3 is 5.91 Å². The molecular formula is C11H15BrN2O2. The van der Waals surface area contributed by atoms with E-state index in [1.165, 1.54) is 6.20 Å². The number of amides is 1. The van der Waals surface area contributed by atoms with Crippen molar-refractivity contribution in [2.75, 3.05) is 5.32 Å². The van der Waals surface area contributed by atoms with Crippen LogP contribution in [0.25, 0.3) is 0 Å². The summed E-state index contributed by atoms with van der Waals surface area (Å²) < 4.78 is 1.24. The molecular weight excluding hydrogens is 272 g/mol. The standard InChI is InChI=1S/C11H15BrN2O2/c1-7-5-8(12)9(14(16)6-7)13-10(15)11(2,3)4/h5-6H,1-4H3,(H,13,15). The molecule has 0 radical (unpaired) electrons. The molecule has 88 valence electrons. The molecule has 1 aromatic rings. The molecule has 0 bridgehead atoms. The number of hydrogen-bond acceptors (Lipinski definition) is 2. The molecule has 0 unspecified atom stereocenters.